The van der Waals surface area contributed by atoms with E-state index in [4.69, 9.17) is 15.5 Å². The summed E-state index contributed by atoms with van der Waals surface area (Å²) >= 11 is 3.13. The molecule has 0 saturated carbocycles. The molecule has 4 N–H and O–H groups in total. The number of benzene rings is 2. The van der Waals surface area contributed by atoms with Gasteiger partial charge in [0.2, 0.25) is 0 Å². The van der Waals surface area contributed by atoms with Crippen LogP contribution in [0.25, 0.3) is 22.8 Å². The lowest BCUT2D eigenvalue weighted by Gasteiger charge is -2.29. The van der Waals surface area contributed by atoms with E-state index in [1.165, 1.54) is 11.8 Å². The number of rotatable bonds is 7. The third-order valence-corrected chi connectivity index (χ3v) is 7.55. The van der Waals surface area contributed by atoms with E-state index in [9.17, 15) is 4.79 Å². The first-order valence-corrected chi connectivity index (χ1v) is 14.7. The van der Waals surface area contributed by atoms with Gasteiger partial charge in [0.25, 0.3) is 0 Å². The van der Waals surface area contributed by atoms with Gasteiger partial charge in [-0.1, -0.05) is 0 Å². The molecule has 0 spiro atoms. The maximum Gasteiger partial charge on any atom is 0.323 e. The van der Waals surface area contributed by atoms with Crippen LogP contribution >= 0.6 is 23.5 Å². The molecule has 4 aromatic rings. The molecule has 2 aromatic carbocycles. The second kappa shape index (κ2) is 12.3. The highest BCUT2D eigenvalue weighted by Gasteiger charge is 2.18. The molecule has 10 nitrogen and oxygen atoms in total. The number of nitrogens with one attached hydrogen (secondary N) is 2. The Morgan fingerprint density at radius 3 is 1.85 bits per heavy atom. The molecule has 0 radical (unpaired) electrons. The van der Waals surface area contributed by atoms with Crippen LogP contribution in [0.2, 0.25) is 0 Å². The van der Waals surface area contributed by atoms with E-state index in [1.54, 1.807) is 30.1 Å². The van der Waals surface area contributed by atoms with E-state index < -0.39 is 0 Å². The van der Waals surface area contributed by atoms with Gasteiger partial charge < -0.3 is 26.0 Å². The van der Waals surface area contributed by atoms with Crippen LogP contribution in [-0.4, -0.2) is 64.8 Å². The van der Waals surface area contributed by atoms with Crippen LogP contribution in [0, 0.1) is 0 Å². The first-order valence-electron chi connectivity index (χ1n) is 12.2. The Kier molecular flexibility index (Phi) is 8.45. The summed E-state index contributed by atoms with van der Waals surface area (Å²) in [7, 11) is 0. The molecule has 2 amide bonds. The van der Waals surface area contributed by atoms with Gasteiger partial charge in [-0.25, -0.2) is 24.7 Å². The number of nitrogen functional groups attached to an aromatic ring is 1. The van der Waals surface area contributed by atoms with E-state index >= 15 is 0 Å². The molecule has 3 heterocycles. The molecule has 200 valence electrons. The van der Waals surface area contributed by atoms with Crippen molar-refractivity contribution >= 4 is 52.6 Å². The van der Waals surface area contributed by atoms with E-state index in [0.717, 1.165) is 39.8 Å². The number of amides is 2. The number of aromatic nitrogens is 4. The molecule has 1 fully saturated rings. The normalized spacial score (nSPS) is 13.2. The fourth-order valence-electron chi connectivity index (χ4n) is 4.03. The largest absolute Gasteiger partial charge is 0.383 e. The maximum absolute atomic E-state index is 12.6. The van der Waals surface area contributed by atoms with E-state index in [0.29, 0.717) is 42.1 Å². The summed E-state index contributed by atoms with van der Waals surface area (Å²) in [5, 5.41) is 5.70. The lowest BCUT2D eigenvalue weighted by atomic mass is 10.2. The Balaban J connectivity index is 1.22. The summed E-state index contributed by atoms with van der Waals surface area (Å²) in [6.07, 6.45) is 7.53. The number of hydrogen-bond donors (Lipinski definition) is 3. The van der Waals surface area contributed by atoms with Crippen molar-refractivity contribution in [2.75, 3.05) is 60.1 Å². The standard InChI is InChI=1S/C27H28N8O2S2/c1-38-21-15-29-24(33-23(21)28)17-3-7-19(8-4-17)31-27(36)32-20-9-5-18(6-10-20)25-30-16-22(39-2)26(34-25)35-11-13-37-14-12-35/h3-10,15-16H,11-14H2,1-2H3,(H2,28,29,33)(H2,31,32,36). The molecule has 39 heavy (non-hydrogen) atoms. The maximum atomic E-state index is 12.6. The molecule has 0 unspecified atom stereocenters. The van der Waals surface area contributed by atoms with Crippen molar-refractivity contribution in [3.05, 3.63) is 60.9 Å². The number of morpholine rings is 1. The van der Waals surface area contributed by atoms with Crippen LogP contribution in [0.4, 0.5) is 27.8 Å². The average Bonchev–Trinajstić information content (AvgIpc) is 2.98. The lowest BCUT2D eigenvalue weighted by molar-refractivity contribution is 0.122. The number of nitrogens with two attached hydrogens (primary N) is 1. The van der Waals surface area contributed by atoms with E-state index in [1.807, 2.05) is 55.1 Å². The van der Waals surface area contributed by atoms with Crippen molar-refractivity contribution in [2.45, 2.75) is 9.79 Å². The van der Waals surface area contributed by atoms with E-state index in [2.05, 4.69) is 30.5 Å². The Labute approximate surface area is 235 Å². The molecule has 1 saturated heterocycles. The number of carbonyl (C=O) groups excluding carboxylic acids is 1. The zero-order valence-electron chi connectivity index (χ0n) is 21.5. The van der Waals surface area contributed by atoms with Crippen LogP contribution < -0.4 is 21.3 Å². The number of nitrogens with zero attached hydrogens (tertiary/aromatic N) is 5. The summed E-state index contributed by atoms with van der Waals surface area (Å²) in [5.41, 5.74) is 8.94. The monoisotopic (exact) mass is 560 g/mol. The highest BCUT2D eigenvalue weighted by molar-refractivity contribution is 7.99. The number of hydrogen-bond acceptors (Lipinski definition) is 10. The van der Waals surface area contributed by atoms with Crippen LogP contribution in [0.1, 0.15) is 0 Å². The van der Waals surface area contributed by atoms with Gasteiger partial charge >= 0.3 is 6.03 Å². The molecule has 2 aromatic heterocycles. The predicted molar refractivity (Wildman–Crippen MR) is 159 cm³/mol. The Bertz CT molecular complexity index is 1450. The van der Waals surface area contributed by atoms with Gasteiger partial charge in [-0.05, 0) is 61.0 Å². The summed E-state index contributed by atoms with van der Waals surface area (Å²) in [6, 6.07) is 14.4. The first kappa shape index (κ1) is 26.7. The third-order valence-electron chi connectivity index (χ3n) is 6.07. The SMILES string of the molecule is CSc1cnc(-c2ccc(NC(=O)Nc3ccc(-c4ncc(SC)c(N5CCOCC5)n4)cc3)cc2)nc1N. The third kappa shape index (κ3) is 6.41. The number of thioether (sulfide) groups is 2. The zero-order chi connectivity index (χ0) is 27.2. The molecule has 1 aliphatic heterocycles. The van der Waals surface area contributed by atoms with Crippen molar-refractivity contribution in [1.29, 1.82) is 0 Å². The van der Waals surface area contributed by atoms with Crippen molar-refractivity contribution in [3.8, 4) is 22.8 Å². The van der Waals surface area contributed by atoms with Gasteiger partial charge in [-0.3, -0.25) is 0 Å². The molecule has 5 rings (SSSR count). The summed E-state index contributed by atoms with van der Waals surface area (Å²) in [6.45, 7) is 2.99. The van der Waals surface area contributed by atoms with Gasteiger partial charge in [0.1, 0.15) is 11.6 Å². The zero-order valence-corrected chi connectivity index (χ0v) is 23.2. The topological polar surface area (TPSA) is 131 Å². The minimum absolute atomic E-state index is 0.351. The second-order valence-electron chi connectivity index (χ2n) is 8.57. The Morgan fingerprint density at radius 2 is 1.33 bits per heavy atom. The number of carbonyl (C=O) groups is 1. The van der Waals surface area contributed by atoms with Gasteiger partial charge in [0, 0.05) is 48.0 Å². The molecule has 0 bridgehead atoms. The minimum atomic E-state index is -0.351. The fourth-order valence-corrected chi connectivity index (χ4v) is 4.95. The van der Waals surface area contributed by atoms with Gasteiger partial charge in [0.15, 0.2) is 11.6 Å². The van der Waals surface area contributed by atoms with Crippen molar-refractivity contribution in [2.24, 2.45) is 0 Å². The number of ether oxygens (including phenoxy) is 1. The summed E-state index contributed by atoms with van der Waals surface area (Å²) < 4.78 is 5.49. The second-order valence-corrected chi connectivity index (χ2v) is 10.3. The van der Waals surface area contributed by atoms with Crippen molar-refractivity contribution in [3.63, 3.8) is 0 Å². The van der Waals surface area contributed by atoms with Gasteiger partial charge in [-0.2, -0.15) is 0 Å². The predicted octanol–water partition coefficient (Wildman–Crippen LogP) is 5.11. The summed E-state index contributed by atoms with van der Waals surface area (Å²) in [5.74, 6) is 2.54. The minimum Gasteiger partial charge on any atom is -0.383 e. The van der Waals surface area contributed by atoms with Crippen molar-refractivity contribution in [1.82, 2.24) is 19.9 Å². The Morgan fingerprint density at radius 1 is 0.821 bits per heavy atom. The molecule has 0 atom stereocenters. The molecular weight excluding hydrogens is 532 g/mol. The quantitative estimate of drug-likeness (QED) is 0.262. The fraction of sp³-hybridized carbons (Fsp3) is 0.222. The highest BCUT2D eigenvalue weighted by atomic mass is 32.2. The van der Waals surface area contributed by atoms with Crippen molar-refractivity contribution < 1.29 is 9.53 Å². The Hall–Kier alpha value is -3.87. The average molecular weight is 561 g/mol. The van der Waals surface area contributed by atoms with Gasteiger partial charge in [-0.15, -0.1) is 23.5 Å². The molecule has 0 aliphatic carbocycles. The molecular formula is C27H28N8O2S2. The lowest BCUT2D eigenvalue weighted by Crippen LogP contribution is -2.37. The number of urea groups is 1. The number of anilines is 4. The van der Waals surface area contributed by atoms with E-state index in [-0.39, 0.29) is 6.03 Å². The van der Waals surface area contributed by atoms with Crippen LogP contribution in [0.5, 0.6) is 0 Å². The van der Waals surface area contributed by atoms with Crippen LogP contribution in [-0.2, 0) is 4.74 Å². The van der Waals surface area contributed by atoms with Crippen LogP contribution in [0.15, 0.2) is 70.7 Å². The summed E-state index contributed by atoms with van der Waals surface area (Å²) in [4.78, 5) is 34.8. The van der Waals surface area contributed by atoms with Crippen LogP contribution in [0.3, 0.4) is 0 Å². The molecule has 1 aliphatic rings. The molecule has 12 heteroatoms. The smallest absolute Gasteiger partial charge is 0.323 e. The van der Waals surface area contributed by atoms with Gasteiger partial charge in [0.05, 0.1) is 23.0 Å². The first-order chi connectivity index (χ1) is 19.0. The highest BCUT2D eigenvalue weighted by Crippen LogP contribution is 2.30.